The van der Waals surface area contributed by atoms with Crippen molar-refractivity contribution in [1.82, 2.24) is 0 Å². The van der Waals surface area contributed by atoms with Crippen molar-refractivity contribution in [2.24, 2.45) is 16.7 Å². The van der Waals surface area contributed by atoms with Crippen LogP contribution in [0.1, 0.15) is 25.3 Å². The Morgan fingerprint density at radius 1 is 1.18 bits per heavy atom. The van der Waals surface area contributed by atoms with Gasteiger partial charge in [-0.3, -0.25) is 4.79 Å². The second-order valence-corrected chi connectivity index (χ2v) is 8.41. The molecule has 1 N–H and O–H groups in total. The lowest BCUT2D eigenvalue weighted by Crippen LogP contribution is -2.20. The average Bonchev–Trinajstić information content (AvgIpc) is 3.12. The summed E-state index contributed by atoms with van der Waals surface area (Å²) in [4.78, 5) is 12.1. The topological polar surface area (TPSA) is 70.3 Å². The van der Waals surface area contributed by atoms with Crippen LogP contribution in [0.25, 0.3) is 0 Å². The molecule has 2 aromatic rings. The van der Waals surface area contributed by atoms with E-state index in [-0.39, 0.29) is 4.49 Å². The number of carbonyl (C=O) groups is 1. The van der Waals surface area contributed by atoms with Gasteiger partial charge in [0.15, 0.2) is 0 Å². The van der Waals surface area contributed by atoms with Crippen LogP contribution in [0.2, 0.25) is 0 Å². The van der Waals surface area contributed by atoms with E-state index in [0.29, 0.717) is 17.1 Å². The van der Waals surface area contributed by atoms with Gasteiger partial charge in [0.1, 0.15) is 16.0 Å². The Hall–Kier alpha value is -2.48. The fourth-order valence-corrected chi connectivity index (χ4v) is 4.52. The maximum absolute atomic E-state index is 12.1. The lowest BCUT2D eigenvalue weighted by molar-refractivity contribution is -0.143. The highest BCUT2D eigenvalue weighted by atomic mass is 35.5. The second kappa shape index (κ2) is 7.50. The number of rotatable bonds is 6. The molecule has 3 atom stereocenters. The van der Waals surface area contributed by atoms with Crippen LogP contribution in [0.5, 0.6) is 11.5 Å². The van der Waals surface area contributed by atoms with Gasteiger partial charge in [0.25, 0.3) is 0 Å². The third-order valence-corrected chi connectivity index (χ3v) is 5.83. The summed E-state index contributed by atoms with van der Waals surface area (Å²) in [5.41, 5.74) is -1.30. The third kappa shape index (κ3) is 3.37. The summed E-state index contributed by atoms with van der Waals surface area (Å²) in [7, 11) is 0. The zero-order chi connectivity index (χ0) is 20.5. The van der Waals surface area contributed by atoms with E-state index in [1.165, 1.54) is 6.08 Å². The van der Waals surface area contributed by atoms with Gasteiger partial charge < -0.3 is 9.84 Å². The van der Waals surface area contributed by atoms with Crippen molar-refractivity contribution in [3.8, 4) is 17.6 Å². The summed E-state index contributed by atoms with van der Waals surface area (Å²) in [6, 6.07) is 18.7. The molecule has 28 heavy (non-hydrogen) atoms. The first-order valence-corrected chi connectivity index (χ1v) is 9.49. The van der Waals surface area contributed by atoms with E-state index < -0.39 is 28.6 Å². The molecule has 2 aromatic carbocycles. The highest BCUT2D eigenvalue weighted by Gasteiger charge is 2.77. The SMILES string of the molecule is CC1(C)[C@@H](C(C#N)c2cccc(Oc3ccccc3)c2)[C@@]1(C=C(Cl)Cl)C(=O)O. The minimum absolute atomic E-state index is 0.115. The molecular weight excluding hydrogens is 397 g/mol. The van der Waals surface area contributed by atoms with Crippen LogP contribution in [0.4, 0.5) is 0 Å². The van der Waals surface area contributed by atoms with Crippen LogP contribution in [0.3, 0.4) is 0 Å². The minimum atomic E-state index is -1.30. The van der Waals surface area contributed by atoms with E-state index in [0.717, 1.165) is 0 Å². The summed E-state index contributed by atoms with van der Waals surface area (Å²) in [5.74, 6) is -0.930. The van der Waals surface area contributed by atoms with Crippen LogP contribution in [0.15, 0.2) is 65.2 Å². The smallest absolute Gasteiger partial charge is 0.314 e. The van der Waals surface area contributed by atoms with E-state index in [4.69, 9.17) is 27.9 Å². The highest BCUT2D eigenvalue weighted by Crippen LogP contribution is 2.74. The molecule has 0 spiro atoms. The van der Waals surface area contributed by atoms with Crippen molar-refractivity contribution in [2.45, 2.75) is 19.8 Å². The van der Waals surface area contributed by atoms with Crippen molar-refractivity contribution in [3.05, 3.63) is 70.7 Å². The van der Waals surface area contributed by atoms with Gasteiger partial charge in [0.2, 0.25) is 0 Å². The molecule has 144 valence electrons. The fourth-order valence-electron chi connectivity index (χ4n) is 4.17. The quantitative estimate of drug-likeness (QED) is 0.615. The summed E-state index contributed by atoms with van der Waals surface area (Å²) in [5, 5.41) is 19.8. The maximum Gasteiger partial charge on any atom is 0.314 e. The van der Waals surface area contributed by atoms with E-state index in [2.05, 4.69) is 6.07 Å². The van der Waals surface area contributed by atoms with Gasteiger partial charge in [-0.25, -0.2) is 0 Å². The number of ether oxygens (including phenoxy) is 1. The Morgan fingerprint density at radius 3 is 2.39 bits per heavy atom. The van der Waals surface area contributed by atoms with E-state index >= 15 is 0 Å². The zero-order valence-electron chi connectivity index (χ0n) is 15.4. The predicted molar refractivity (Wildman–Crippen MR) is 108 cm³/mol. The predicted octanol–water partition coefficient (Wildman–Crippen LogP) is 6.13. The second-order valence-electron chi connectivity index (χ2n) is 7.40. The molecule has 1 aliphatic carbocycles. The van der Waals surface area contributed by atoms with Gasteiger partial charge in [-0.2, -0.15) is 5.26 Å². The monoisotopic (exact) mass is 415 g/mol. The number of nitrogens with zero attached hydrogens (tertiary/aromatic N) is 1. The molecule has 0 heterocycles. The van der Waals surface area contributed by atoms with Crippen molar-refractivity contribution < 1.29 is 14.6 Å². The lowest BCUT2D eigenvalue weighted by Gasteiger charge is -2.14. The number of aliphatic carboxylic acids is 1. The molecule has 3 rings (SSSR count). The van der Waals surface area contributed by atoms with Crippen molar-refractivity contribution >= 4 is 29.2 Å². The Bertz CT molecular complexity index is 961. The van der Waals surface area contributed by atoms with Crippen LogP contribution in [0, 0.1) is 28.1 Å². The molecule has 0 aromatic heterocycles. The molecule has 1 aliphatic rings. The van der Waals surface area contributed by atoms with Crippen LogP contribution in [-0.2, 0) is 4.79 Å². The molecule has 4 nitrogen and oxygen atoms in total. The number of carboxylic acids is 1. The lowest BCUT2D eigenvalue weighted by atomic mass is 9.89. The normalized spacial score (nSPS) is 23.2. The van der Waals surface area contributed by atoms with Gasteiger partial charge in [0.05, 0.1) is 17.4 Å². The number of halogens is 2. The van der Waals surface area contributed by atoms with E-state index in [1.807, 2.05) is 44.2 Å². The maximum atomic E-state index is 12.1. The summed E-state index contributed by atoms with van der Waals surface area (Å²) >= 11 is 11.6. The van der Waals surface area contributed by atoms with Gasteiger partial charge in [-0.1, -0.05) is 67.4 Å². The number of nitriles is 1. The minimum Gasteiger partial charge on any atom is -0.481 e. The Kier molecular flexibility index (Phi) is 5.43. The first kappa shape index (κ1) is 20.3. The van der Waals surface area contributed by atoms with E-state index in [1.54, 1.807) is 24.3 Å². The van der Waals surface area contributed by atoms with Gasteiger partial charge in [-0.15, -0.1) is 0 Å². The first-order chi connectivity index (χ1) is 13.2. The summed E-state index contributed by atoms with van der Waals surface area (Å²) in [6.45, 7) is 3.63. The summed E-state index contributed by atoms with van der Waals surface area (Å²) in [6.07, 6.45) is 1.35. The molecule has 0 aliphatic heterocycles. The van der Waals surface area contributed by atoms with Gasteiger partial charge in [0, 0.05) is 5.92 Å². The average molecular weight is 416 g/mol. The molecule has 0 amide bonds. The number of hydrogen-bond donors (Lipinski definition) is 1. The highest BCUT2D eigenvalue weighted by molar-refractivity contribution is 6.56. The zero-order valence-corrected chi connectivity index (χ0v) is 16.9. The third-order valence-electron chi connectivity index (χ3n) is 5.61. The fraction of sp³-hybridized carbons (Fsp3) is 0.273. The molecule has 1 saturated carbocycles. The van der Waals surface area contributed by atoms with E-state index in [9.17, 15) is 15.2 Å². The molecule has 1 fully saturated rings. The molecule has 0 radical (unpaired) electrons. The Morgan fingerprint density at radius 2 is 1.82 bits per heavy atom. The number of benzene rings is 2. The van der Waals surface area contributed by atoms with Crippen LogP contribution in [-0.4, -0.2) is 11.1 Å². The van der Waals surface area contributed by atoms with Crippen molar-refractivity contribution in [2.75, 3.05) is 0 Å². The Balaban J connectivity index is 1.96. The van der Waals surface area contributed by atoms with Crippen LogP contribution >= 0.6 is 23.2 Å². The van der Waals surface area contributed by atoms with Crippen LogP contribution < -0.4 is 4.74 Å². The van der Waals surface area contributed by atoms with Crippen molar-refractivity contribution in [1.29, 1.82) is 5.26 Å². The van der Waals surface area contributed by atoms with Crippen molar-refractivity contribution in [3.63, 3.8) is 0 Å². The summed E-state index contributed by atoms with van der Waals surface area (Å²) < 4.78 is 5.73. The van der Waals surface area contributed by atoms with Gasteiger partial charge >= 0.3 is 5.97 Å². The molecule has 1 unspecified atom stereocenters. The molecular formula is C22H19Cl2NO3. The number of carboxylic acid groups (broad SMARTS) is 1. The van der Waals surface area contributed by atoms with Gasteiger partial charge in [-0.05, 0) is 41.3 Å². The Labute approximate surface area is 174 Å². The first-order valence-electron chi connectivity index (χ1n) is 8.73. The molecule has 6 heteroatoms. The molecule has 0 saturated heterocycles. The number of hydrogen-bond acceptors (Lipinski definition) is 3. The number of para-hydroxylation sites is 1. The molecule has 0 bridgehead atoms. The standard InChI is InChI=1S/C22H19Cl2NO3/c1-21(2)19(22(21,20(26)27)12-18(23)24)17(13-25)14-7-6-10-16(11-14)28-15-8-4-3-5-9-15/h3-12,17,19H,1-2H3,(H,26,27)/t17?,19-,22+/m1/s1. The largest absolute Gasteiger partial charge is 0.481 e.